The summed E-state index contributed by atoms with van der Waals surface area (Å²) in [5, 5.41) is 0. The van der Waals surface area contributed by atoms with Crippen LogP contribution in [0.3, 0.4) is 0 Å². The lowest BCUT2D eigenvalue weighted by Gasteiger charge is -2.06. The van der Waals surface area contributed by atoms with Gasteiger partial charge in [0.05, 0.1) is 0 Å². The molecule has 10 heavy (non-hydrogen) atoms. The first-order chi connectivity index (χ1) is 4.55. The number of cyclic esters (lactones) is 1. The Morgan fingerprint density at radius 3 is 2.50 bits per heavy atom. The SMILES string of the molecule is CCC1=CC(Cl)(Cl)OC1=O. The summed E-state index contributed by atoms with van der Waals surface area (Å²) in [6.07, 6.45) is 2.01. The van der Waals surface area contributed by atoms with E-state index in [9.17, 15) is 4.79 Å². The van der Waals surface area contributed by atoms with Crippen LogP contribution in [0.15, 0.2) is 11.6 Å². The van der Waals surface area contributed by atoms with Gasteiger partial charge in [0.2, 0.25) is 0 Å². The van der Waals surface area contributed by atoms with Crippen LogP contribution in [0.5, 0.6) is 0 Å². The maximum absolute atomic E-state index is 10.8. The molecular weight excluding hydrogens is 175 g/mol. The van der Waals surface area contributed by atoms with Crippen molar-refractivity contribution in [1.29, 1.82) is 0 Å². The Morgan fingerprint density at radius 1 is 1.70 bits per heavy atom. The Morgan fingerprint density at radius 2 is 2.30 bits per heavy atom. The third kappa shape index (κ3) is 1.44. The van der Waals surface area contributed by atoms with E-state index in [1.165, 1.54) is 6.08 Å². The number of halogens is 2. The first kappa shape index (κ1) is 7.89. The van der Waals surface area contributed by atoms with Crippen LogP contribution in [0.1, 0.15) is 13.3 Å². The number of alkyl halides is 2. The molecule has 0 aromatic carbocycles. The van der Waals surface area contributed by atoms with Crippen molar-refractivity contribution in [3.8, 4) is 0 Å². The van der Waals surface area contributed by atoms with Crippen LogP contribution in [0.25, 0.3) is 0 Å². The number of rotatable bonds is 1. The lowest BCUT2D eigenvalue weighted by Crippen LogP contribution is -2.11. The molecule has 2 nitrogen and oxygen atoms in total. The lowest BCUT2D eigenvalue weighted by molar-refractivity contribution is -0.138. The summed E-state index contributed by atoms with van der Waals surface area (Å²) in [7, 11) is 0. The molecule has 0 saturated heterocycles. The summed E-state index contributed by atoms with van der Waals surface area (Å²) < 4.78 is 3.12. The van der Waals surface area contributed by atoms with E-state index >= 15 is 0 Å². The topological polar surface area (TPSA) is 26.3 Å². The summed E-state index contributed by atoms with van der Waals surface area (Å²) >= 11 is 11.0. The quantitative estimate of drug-likeness (QED) is 0.456. The third-order valence-electron chi connectivity index (χ3n) is 1.21. The second-order valence-electron chi connectivity index (χ2n) is 1.97. The predicted molar refractivity (Wildman–Crippen MR) is 38.9 cm³/mol. The highest BCUT2D eigenvalue weighted by Crippen LogP contribution is 2.33. The molecule has 1 aliphatic heterocycles. The van der Waals surface area contributed by atoms with Gasteiger partial charge in [-0.25, -0.2) is 4.79 Å². The molecule has 56 valence electrons. The lowest BCUT2D eigenvalue weighted by atomic mass is 10.2. The molecule has 0 N–H and O–H groups in total. The fourth-order valence-electron chi connectivity index (χ4n) is 0.727. The van der Waals surface area contributed by atoms with Crippen molar-refractivity contribution in [3.05, 3.63) is 11.6 Å². The maximum atomic E-state index is 10.8. The van der Waals surface area contributed by atoms with Crippen LogP contribution in [0, 0.1) is 0 Å². The largest absolute Gasteiger partial charge is 0.422 e. The Bertz CT molecular complexity index is 196. The number of esters is 1. The molecule has 1 rings (SSSR count). The summed E-state index contributed by atoms with van der Waals surface area (Å²) in [6, 6.07) is 0. The molecule has 1 heterocycles. The first-order valence-corrected chi connectivity index (χ1v) is 3.63. The van der Waals surface area contributed by atoms with Crippen LogP contribution in [0.4, 0.5) is 0 Å². The molecule has 0 spiro atoms. The van der Waals surface area contributed by atoms with E-state index in [2.05, 4.69) is 4.74 Å². The van der Waals surface area contributed by atoms with Crippen molar-refractivity contribution in [2.45, 2.75) is 17.9 Å². The highest BCUT2D eigenvalue weighted by atomic mass is 35.5. The average molecular weight is 181 g/mol. The second-order valence-corrected chi connectivity index (χ2v) is 3.29. The molecule has 0 aromatic heterocycles. The molecule has 0 aromatic rings. The van der Waals surface area contributed by atoms with Gasteiger partial charge in [-0.2, -0.15) is 0 Å². The van der Waals surface area contributed by atoms with E-state index in [1.807, 2.05) is 6.92 Å². The summed E-state index contributed by atoms with van der Waals surface area (Å²) in [5.74, 6) is -0.424. The molecule has 0 amide bonds. The Hall–Kier alpha value is -0.210. The fourth-order valence-corrected chi connectivity index (χ4v) is 1.13. The molecule has 0 fully saturated rings. The standard InChI is InChI=1S/C6H6Cl2O2/c1-2-4-3-6(7,8)10-5(4)9/h3H,2H2,1H3. The molecule has 0 bridgehead atoms. The van der Waals surface area contributed by atoms with E-state index in [-0.39, 0.29) is 0 Å². The number of hydrogen-bond donors (Lipinski definition) is 0. The van der Waals surface area contributed by atoms with Crippen molar-refractivity contribution in [3.63, 3.8) is 0 Å². The van der Waals surface area contributed by atoms with Gasteiger partial charge in [-0.3, -0.25) is 0 Å². The van der Waals surface area contributed by atoms with Gasteiger partial charge >= 0.3 is 5.97 Å². The normalized spacial score (nSPS) is 22.3. The van der Waals surface area contributed by atoms with Crippen molar-refractivity contribution < 1.29 is 9.53 Å². The molecule has 1 aliphatic rings. The molecule has 0 atom stereocenters. The average Bonchev–Trinajstić information content (AvgIpc) is 2.05. The summed E-state index contributed by atoms with van der Waals surface area (Å²) in [5.41, 5.74) is 0.532. The molecule has 4 heteroatoms. The van der Waals surface area contributed by atoms with E-state index < -0.39 is 10.5 Å². The number of carbonyl (C=O) groups is 1. The van der Waals surface area contributed by atoms with Gasteiger partial charge in [0, 0.05) is 11.6 Å². The van der Waals surface area contributed by atoms with Gasteiger partial charge in [-0.1, -0.05) is 30.1 Å². The Balaban J connectivity index is 2.82. The number of hydrogen-bond acceptors (Lipinski definition) is 2. The van der Waals surface area contributed by atoms with Crippen molar-refractivity contribution in [1.82, 2.24) is 0 Å². The van der Waals surface area contributed by atoms with Gasteiger partial charge in [-0.05, 0) is 6.42 Å². The van der Waals surface area contributed by atoms with Gasteiger partial charge in [0.25, 0.3) is 4.52 Å². The number of ether oxygens (including phenoxy) is 1. The predicted octanol–water partition coefficient (Wildman–Crippen LogP) is 2.01. The zero-order valence-electron chi connectivity index (χ0n) is 5.36. The maximum Gasteiger partial charge on any atom is 0.336 e. The van der Waals surface area contributed by atoms with E-state index in [0.29, 0.717) is 12.0 Å². The van der Waals surface area contributed by atoms with Crippen LogP contribution in [-0.4, -0.2) is 10.5 Å². The van der Waals surface area contributed by atoms with Gasteiger partial charge in [0.1, 0.15) is 0 Å². The smallest absolute Gasteiger partial charge is 0.336 e. The molecular formula is C6H6Cl2O2. The van der Waals surface area contributed by atoms with Crippen LogP contribution in [-0.2, 0) is 9.53 Å². The van der Waals surface area contributed by atoms with Gasteiger partial charge in [-0.15, -0.1) is 0 Å². The zero-order valence-corrected chi connectivity index (χ0v) is 6.87. The highest BCUT2D eigenvalue weighted by molar-refractivity contribution is 6.50. The van der Waals surface area contributed by atoms with Crippen molar-refractivity contribution in [2.75, 3.05) is 0 Å². The van der Waals surface area contributed by atoms with Crippen LogP contribution in [0.2, 0.25) is 0 Å². The van der Waals surface area contributed by atoms with Gasteiger partial charge in [0.15, 0.2) is 0 Å². The van der Waals surface area contributed by atoms with Crippen molar-refractivity contribution in [2.24, 2.45) is 0 Å². The highest BCUT2D eigenvalue weighted by Gasteiger charge is 2.35. The van der Waals surface area contributed by atoms with Crippen LogP contribution >= 0.6 is 23.2 Å². The summed E-state index contributed by atoms with van der Waals surface area (Å²) in [6.45, 7) is 1.84. The molecule has 0 radical (unpaired) electrons. The minimum Gasteiger partial charge on any atom is -0.422 e. The number of carbonyl (C=O) groups excluding carboxylic acids is 1. The van der Waals surface area contributed by atoms with Gasteiger partial charge < -0.3 is 4.74 Å². The molecule has 0 saturated carbocycles. The van der Waals surface area contributed by atoms with Crippen LogP contribution < -0.4 is 0 Å². The fraction of sp³-hybridized carbons (Fsp3) is 0.500. The van der Waals surface area contributed by atoms with E-state index in [4.69, 9.17) is 23.2 Å². The Labute approximate surface area is 68.8 Å². The van der Waals surface area contributed by atoms with E-state index in [0.717, 1.165) is 0 Å². The Kier molecular flexibility index (Phi) is 1.92. The van der Waals surface area contributed by atoms with Crippen molar-refractivity contribution >= 4 is 29.2 Å². The minimum absolute atomic E-state index is 0.424. The summed E-state index contributed by atoms with van der Waals surface area (Å²) in [4.78, 5) is 10.8. The van der Waals surface area contributed by atoms with E-state index in [1.54, 1.807) is 0 Å². The minimum atomic E-state index is -1.43. The monoisotopic (exact) mass is 180 g/mol. The zero-order chi connectivity index (χ0) is 7.78. The molecule has 0 unspecified atom stereocenters. The third-order valence-corrected chi connectivity index (χ3v) is 1.59. The second kappa shape index (κ2) is 2.44. The molecule has 0 aliphatic carbocycles. The first-order valence-electron chi connectivity index (χ1n) is 2.88.